The van der Waals surface area contributed by atoms with Crippen molar-refractivity contribution < 1.29 is 18.7 Å². The lowest BCUT2D eigenvalue weighted by Gasteiger charge is -2.09. The number of nitrogen functional groups attached to an aromatic ring is 1. The highest BCUT2D eigenvalue weighted by atomic mass is 79.9. The fraction of sp³-hybridized carbons (Fsp3) is 0.500. The number of halogens is 2. The summed E-state index contributed by atoms with van der Waals surface area (Å²) in [5, 5.41) is 0. The molecule has 0 aliphatic heterocycles. The summed E-state index contributed by atoms with van der Waals surface area (Å²) >= 11 is 3.05. The van der Waals surface area contributed by atoms with Crippen LogP contribution in [0.2, 0.25) is 0 Å². The summed E-state index contributed by atoms with van der Waals surface area (Å²) < 4.78 is 23.9. The summed E-state index contributed by atoms with van der Waals surface area (Å²) in [6.45, 7) is 2.64. The number of anilines is 1. The van der Waals surface area contributed by atoms with Crippen LogP contribution in [0, 0.1) is 5.82 Å². The number of unbranched alkanes of at least 4 members (excludes halogenated alkanes) is 2. The highest BCUT2D eigenvalue weighted by Gasteiger charge is 2.07. The molecule has 20 heavy (non-hydrogen) atoms. The van der Waals surface area contributed by atoms with E-state index in [1.165, 1.54) is 12.1 Å². The minimum Gasteiger partial charge on any atom is -0.491 e. The van der Waals surface area contributed by atoms with E-state index in [-0.39, 0.29) is 5.97 Å². The van der Waals surface area contributed by atoms with Crippen LogP contribution in [0.25, 0.3) is 0 Å². The van der Waals surface area contributed by atoms with Crippen LogP contribution in [-0.4, -0.2) is 19.2 Å². The summed E-state index contributed by atoms with van der Waals surface area (Å²) in [5.74, 6) is -0.236. The van der Waals surface area contributed by atoms with Gasteiger partial charge in [-0.25, -0.2) is 4.39 Å². The number of ether oxygens (including phenoxy) is 2. The van der Waals surface area contributed by atoms with Crippen LogP contribution >= 0.6 is 15.9 Å². The molecule has 0 fully saturated rings. The SMILES string of the molecule is CCOC(=O)CCCCCOc1cc(F)c(Br)cc1N. The van der Waals surface area contributed by atoms with Crippen LogP contribution in [0.4, 0.5) is 10.1 Å². The molecule has 6 heteroatoms. The fourth-order valence-electron chi connectivity index (χ4n) is 1.63. The molecule has 1 rings (SSSR count). The van der Waals surface area contributed by atoms with E-state index < -0.39 is 5.82 Å². The van der Waals surface area contributed by atoms with Crippen molar-refractivity contribution >= 4 is 27.6 Å². The maximum absolute atomic E-state index is 13.3. The van der Waals surface area contributed by atoms with Gasteiger partial charge in [0, 0.05) is 12.5 Å². The molecule has 112 valence electrons. The third kappa shape index (κ3) is 5.77. The number of carbonyl (C=O) groups excluding carboxylic acids is 1. The van der Waals surface area contributed by atoms with Crippen molar-refractivity contribution in [1.82, 2.24) is 0 Å². The molecule has 0 aromatic heterocycles. The third-order valence-electron chi connectivity index (χ3n) is 2.64. The Kier molecular flexibility index (Phi) is 7.36. The lowest BCUT2D eigenvalue weighted by atomic mass is 10.2. The number of hydrogen-bond acceptors (Lipinski definition) is 4. The summed E-state index contributed by atoms with van der Waals surface area (Å²) in [7, 11) is 0. The number of nitrogens with two attached hydrogens (primary N) is 1. The molecule has 0 heterocycles. The smallest absolute Gasteiger partial charge is 0.305 e. The molecular formula is C14H19BrFNO3. The third-order valence-corrected chi connectivity index (χ3v) is 3.25. The first-order valence-corrected chi connectivity index (χ1v) is 7.36. The molecule has 0 aliphatic carbocycles. The lowest BCUT2D eigenvalue weighted by Crippen LogP contribution is -2.04. The van der Waals surface area contributed by atoms with Gasteiger partial charge in [0.1, 0.15) is 11.6 Å². The highest BCUT2D eigenvalue weighted by molar-refractivity contribution is 9.10. The molecule has 0 saturated carbocycles. The molecule has 0 atom stereocenters. The Morgan fingerprint density at radius 1 is 1.35 bits per heavy atom. The summed E-state index contributed by atoms with van der Waals surface area (Å²) in [6.07, 6.45) is 2.80. The predicted octanol–water partition coefficient (Wildman–Crippen LogP) is 3.67. The normalized spacial score (nSPS) is 10.3. The molecule has 0 radical (unpaired) electrons. The molecule has 0 amide bonds. The number of rotatable bonds is 8. The minimum atomic E-state index is -0.406. The Morgan fingerprint density at radius 3 is 2.80 bits per heavy atom. The highest BCUT2D eigenvalue weighted by Crippen LogP contribution is 2.28. The Balaban J connectivity index is 2.22. The summed E-state index contributed by atoms with van der Waals surface area (Å²) in [4.78, 5) is 11.1. The Labute approximate surface area is 126 Å². The van der Waals surface area contributed by atoms with Gasteiger partial charge in [-0.3, -0.25) is 4.79 Å². The molecule has 1 aromatic rings. The van der Waals surface area contributed by atoms with Gasteiger partial charge in [0.2, 0.25) is 0 Å². The molecule has 0 bridgehead atoms. The first-order valence-electron chi connectivity index (χ1n) is 6.57. The van der Waals surface area contributed by atoms with Gasteiger partial charge in [-0.1, -0.05) is 0 Å². The van der Waals surface area contributed by atoms with Crippen molar-refractivity contribution in [1.29, 1.82) is 0 Å². The Bertz CT molecular complexity index is 454. The number of hydrogen-bond donors (Lipinski definition) is 1. The zero-order valence-corrected chi connectivity index (χ0v) is 13.0. The molecule has 0 aliphatic rings. The van der Waals surface area contributed by atoms with E-state index in [2.05, 4.69) is 15.9 Å². The van der Waals surface area contributed by atoms with Crippen LogP contribution in [0.5, 0.6) is 5.75 Å². The fourth-order valence-corrected chi connectivity index (χ4v) is 1.99. The zero-order valence-electron chi connectivity index (χ0n) is 11.5. The molecule has 0 unspecified atom stereocenters. The maximum Gasteiger partial charge on any atom is 0.305 e. The quantitative estimate of drug-likeness (QED) is 0.442. The van der Waals surface area contributed by atoms with Crippen LogP contribution in [0.15, 0.2) is 16.6 Å². The van der Waals surface area contributed by atoms with Gasteiger partial charge in [0.05, 0.1) is 23.4 Å². The second-order valence-electron chi connectivity index (χ2n) is 4.27. The van der Waals surface area contributed by atoms with E-state index in [0.29, 0.717) is 35.5 Å². The van der Waals surface area contributed by atoms with E-state index in [1.807, 2.05) is 0 Å². The van der Waals surface area contributed by atoms with Gasteiger partial charge >= 0.3 is 5.97 Å². The molecule has 1 aromatic carbocycles. The van der Waals surface area contributed by atoms with E-state index in [0.717, 1.165) is 19.3 Å². The van der Waals surface area contributed by atoms with Crippen LogP contribution < -0.4 is 10.5 Å². The predicted molar refractivity (Wildman–Crippen MR) is 79.1 cm³/mol. The second kappa shape index (κ2) is 8.79. The monoisotopic (exact) mass is 347 g/mol. The molecule has 4 nitrogen and oxygen atoms in total. The van der Waals surface area contributed by atoms with E-state index in [9.17, 15) is 9.18 Å². The van der Waals surface area contributed by atoms with Crippen LogP contribution in [-0.2, 0) is 9.53 Å². The number of carbonyl (C=O) groups is 1. The zero-order chi connectivity index (χ0) is 15.0. The standard InChI is InChI=1S/C14H19BrFNO3/c1-2-19-14(18)6-4-3-5-7-20-13-9-11(16)10(15)8-12(13)17/h8-9H,2-7,17H2,1H3. The van der Waals surface area contributed by atoms with Gasteiger partial charge < -0.3 is 15.2 Å². The van der Waals surface area contributed by atoms with Crippen molar-refractivity contribution in [3.8, 4) is 5.75 Å². The second-order valence-corrected chi connectivity index (χ2v) is 5.12. The molecule has 0 spiro atoms. The Hall–Kier alpha value is -1.30. The Morgan fingerprint density at radius 2 is 2.10 bits per heavy atom. The van der Waals surface area contributed by atoms with Gasteiger partial charge in [0.25, 0.3) is 0 Å². The van der Waals surface area contributed by atoms with E-state index in [4.69, 9.17) is 15.2 Å². The van der Waals surface area contributed by atoms with Crippen molar-refractivity contribution in [2.24, 2.45) is 0 Å². The van der Waals surface area contributed by atoms with Crippen molar-refractivity contribution in [3.63, 3.8) is 0 Å². The molecular weight excluding hydrogens is 329 g/mol. The average molecular weight is 348 g/mol. The van der Waals surface area contributed by atoms with Crippen LogP contribution in [0.1, 0.15) is 32.6 Å². The van der Waals surface area contributed by atoms with Gasteiger partial charge in [0.15, 0.2) is 0 Å². The summed E-state index contributed by atoms with van der Waals surface area (Å²) in [5.41, 5.74) is 6.11. The number of esters is 1. The molecule has 0 saturated heterocycles. The van der Waals surface area contributed by atoms with Crippen molar-refractivity contribution in [3.05, 3.63) is 22.4 Å². The van der Waals surface area contributed by atoms with E-state index in [1.54, 1.807) is 6.92 Å². The summed E-state index contributed by atoms with van der Waals surface area (Å²) in [6, 6.07) is 2.74. The van der Waals surface area contributed by atoms with Crippen molar-refractivity contribution in [2.45, 2.75) is 32.6 Å². The van der Waals surface area contributed by atoms with Crippen molar-refractivity contribution in [2.75, 3.05) is 18.9 Å². The first kappa shape index (κ1) is 16.8. The number of benzene rings is 1. The topological polar surface area (TPSA) is 61.5 Å². The lowest BCUT2D eigenvalue weighted by molar-refractivity contribution is -0.143. The van der Waals surface area contributed by atoms with Crippen LogP contribution in [0.3, 0.4) is 0 Å². The van der Waals surface area contributed by atoms with Gasteiger partial charge in [-0.05, 0) is 48.2 Å². The van der Waals surface area contributed by atoms with Gasteiger partial charge in [-0.15, -0.1) is 0 Å². The minimum absolute atomic E-state index is 0.173. The van der Waals surface area contributed by atoms with Gasteiger partial charge in [-0.2, -0.15) is 0 Å². The average Bonchev–Trinajstić information content (AvgIpc) is 2.39. The largest absolute Gasteiger partial charge is 0.491 e. The first-order chi connectivity index (χ1) is 9.54. The maximum atomic E-state index is 13.3. The van der Waals surface area contributed by atoms with E-state index >= 15 is 0 Å². The molecule has 2 N–H and O–H groups in total.